The van der Waals surface area contributed by atoms with E-state index in [4.69, 9.17) is 0 Å². The molecular weight excluding hydrogens is 403 g/mol. The smallest absolute Gasteiger partial charge is 0.171 e. The molecule has 0 saturated heterocycles. The van der Waals surface area contributed by atoms with Crippen molar-refractivity contribution in [1.82, 2.24) is 9.78 Å². The fourth-order valence-corrected chi connectivity index (χ4v) is 3.22. The Bertz CT molecular complexity index is 683. The maximum absolute atomic E-state index is 14.0. The lowest BCUT2D eigenvalue weighted by molar-refractivity contribution is 0.0986. The van der Waals surface area contributed by atoms with E-state index in [1.54, 1.807) is 16.8 Å². The Hall–Kier alpha value is -1.01. The van der Waals surface area contributed by atoms with E-state index in [9.17, 15) is 9.18 Å². The summed E-state index contributed by atoms with van der Waals surface area (Å²) in [6.45, 7) is 4.64. The Labute approximate surface area is 139 Å². The van der Waals surface area contributed by atoms with Crippen LogP contribution in [0.2, 0.25) is 0 Å². The number of hydrogen-bond donors (Lipinski definition) is 0. The lowest BCUT2D eigenvalue weighted by Gasteiger charge is -2.06. The quantitative estimate of drug-likeness (QED) is 0.668. The van der Waals surface area contributed by atoms with E-state index in [2.05, 4.69) is 37.0 Å². The third-order valence-corrected chi connectivity index (χ3v) is 4.80. The van der Waals surface area contributed by atoms with Gasteiger partial charge in [-0.15, -0.1) is 0 Å². The van der Waals surface area contributed by atoms with E-state index in [1.165, 1.54) is 6.07 Å². The summed E-state index contributed by atoms with van der Waals surface area (Å²) in [6, 6.07) is 4.74. The molecule has 3 nitrogen and oxygen atoms in total. The maximum atomic E-state index is 14.0. The largest absolute Gasteiger partial charge is 0.294 e. The van der Waals surface area contributed by atoms with Gasteiger partial charge in [0.05, 0.1) is 32.3 Å². The van der Waals surface area contributed by atoms with Crippen LogP contribution in [0.25, 0.3) is 0 Å². The molecule has 2 rings (SSSR count). The summed E-state index contributed by atoms with van der Waals surface area (Å²) in [5.41, 5.74) is 1.80. The fraction of sp³-hybridized carbons (Fsp3) is 0.333. The number of hydrogen-bond acceptors (Lipinski definition) is 2. The Morgan fingerprint density at radius 3 is 2.67 bits per heavy atom. The van der Waals surface area contributed by atoms with Crippen LogP contribution in [-0.2, 0) is 19.4 Å². The summed E-state index contributed by atoms with van der Waals surface area (Å²) in [6.07, 6.45) is 0.898. The molecule has 1 aromatic carbocycles. The number of aryl methyl sites for hydroxylation is 2. The molecule has 6 heteroatoms. The molecule has 0 aliphatic rings. The summed E-state index contributed by atoms with van der Waals surface area (Å²) in [5, 5.41) is 4.45. The van der Waals surface area contributed by atoms with Gasteiger partial charge >= 0.3 is 0 Å². The minimum absolute atomic E-state index is 0.0955. The number of nitrogens with zero attached hydrogens (tertiary/aromatic N) is 2. The van der Waals surface area contributed by atoms with Crippen LogP contribution < -0.4 is 0 Å². The molecule has 0 radical (unpaired) electrons. The van der Waals surface area contributed by atoms with Crippen LogP contribution in [0.3, 0.4) is 0 Å². The Morgan fingerprint density at radius 1 is 1.33 bits per heavy atom. The van der Waals surface area contributed by atoms with Crippen molar-refractivity contribution in [2.75, 3.05) is 0 Å². The normalized spacial score (nSPS) is 10.9. The standard InChI is InChI=1S/C15H15Br2FN2O/c1-3-11-14(17)12(20(4-2)19-11)8-13(21)9-6-5-7-10(16)15(9)18/h5-7H,3-4,8H2,1-2H3. The van der Waals surface area contributed by atoms with Crippen LogP contribution in [0, 0.1) is 5.82 Å². The Morgan fingerprint density at radius 2 is 2.05 bits per heavy atom. The molecule has 1 heterocycles. The number of Topliss-reactive ketones (excluding diaryl/α,β-unsaturated/α-hetero) is 1. The van der Waals surface area contributed by atoms with Gasteiger partial charge in [0.2, 0.25) is 0 Å². The molecule has 0 unspecified atom stereocenters. The van der Waals surface area contributed by atoms with Crippen molar-refractivity contribution in [2.24, 2.45) is 0 Å². The molecule has 0 bridgehead atoms. The highest BCUT2D eigenvalue weighted by Crippen LogP contribution is 2.25. The fourth-order valence-electron chi connectivity index (χ4n) is 2.15. The highest BCUT2D eigenvalue weighted by Gasteiger charge is 2.20. The first kappa shape index (κ1) is 16.4. The van der Waals surface area contributed by atoms with Crippen LogP contribution in [0.5, 0.6) is 0 Å². The highest BCUT2D eigenvalue weighted by atomic mass is 79.9. The second-order valence-electron chi connectivity index (χ2n) is 4.58. The third kappa shape index (κ3) is 3.26. The van der Waals surface area contributed by atoms with Gasteiger partial charge in [-0.3, -0.25) is 9.48 Å². The van der Waals surface area contributed by atoms with Gasteiger partial charge in [-0.1, -0.05) is 13.0 Å². The van der Waals surface area contributed by atoms with Crippen LogP contribution in [-0.4, -0.2) is 15.6 Å². The van der Waals surface area contributed by atoms with Crippen LogP contribution in [0.4, 0.5) is 4.39 Å². The monoisotopic (exact) mass is 416 g/mol. The van der Waals surface area contributed by atoms with E-state index in [-0.39, 0.29) is 17.8 Å². The predicted octanol–water partition coefficient (Wildman–Crippen LogP) is 4.55. The predicted molar refractivity (Wildman–Crippen MR) is 87.1 cm³/mol. The summed E-state index contributed by atoms with van der Waals surface area (Å²) >= 11 is 6.60. The molecule has 0 aliphatic heterocycles. The van der Waals surface area contributed by atoms with Gasteiger partial charge in [0.25, 0.3) is 0 Å². The van der Waals surface area contributed by atoms with E-state index in [0.29, 0.717) is 11.0 Å². The molecular formula is C15H15Br2FN2O. The van der Waals surface area contributed by atoms with Crippen molar-refractivity contribution in [3.8, 4) is 0 Å². The summed E-state index contributed by atoms with van der Waals surface area (Å²) in [4.78, 5) is 12.4. The van der Waals surface area contributed by atoms with E-state index < -0.39 is 5.82 Å². The molecule has 0 saturated carbocycles. The number of ketones is 1. The minimum Gasteiger partial charge on any atom is -0.294 e. The molecule has 0 aliphatic carbocycles. The third-order valence-electron chi connectivity index (χ3n) is 3.27. The summed E-state index contributed by atoms with van der Waals surface area (Å²) in [7, 11) is 0. The average Bonchev–Trinajstić information content (AvgIpc) is 2.78. The second-order valence-corrected chi connectivity index (χ2v) is 6.23. The number of carbonyl (C=O) groups excluding carboxylic acids is 1. The van der Waals surface area contributed by atoms with Crippen molar-refractivity contribution < 1.29 is 9.18 Å². The molecule has 0 N–H and O–H groups in total. The maximum Gasteiger partial charge on any atom is 0.171 e. The van der Waals surface area contributed by atoms with Gasteiger partial charge < -0.3 is 0 Å². The first-order valence-electron chi connectivity index (χ1n) is 6.70. The Kier molecular flexibility index (Phi) is 5.32. The van der Waals surface area contributed by atoms with Crippen LogP contribution in [0.15, 0.2) is 27.1 Å². The topological polar surface area (TPSA) is 34.9 Å². The zero-order valence-electron chi connectivity index (χ0n) is 11.8. The van der Waals surface area contributed by atoms with Crippen molar-refractivity contribution in [1.29, 1.82) is 0 Å². The first-order valence-corrected chi connectivity index (χ1v) is 8.29. The lowest BCUT2D eigenvalue weighted by Crippen LogP contribution is -2.11. The highest BCUT2D eigenvalue weighted by molar-refractivity contribution is 9.10. The van der Waals surface area contributed by atoms with Crippen molar-refractivity contribution in [2.45, 2.75) is 33.2 Å². The second kappa shape index (κ2) is 6.83. The van der Waals surface area contributed by atoms with E-state index in [0.717, 1.165) is 22.3 Å². The molecule has 21 heavy (non-hydrogen) atoms. The minimum atomic E-state index is -0.517. The molecule has 2 aromatic rings. The number of rotatable bonds is 5. The average molecular weight is 418 g/mol. The van der Waals surface area contributed by atoms with Crippen molar-refractivity contribution >= 4 is 37.6 Å². The van der Waals surface area contributed by atoms with E-state index in [1.807, 2.05) is 13.8 Å². The number of benzene rings is 1. The summed E-state index contributed by atoms with van der Waals surface area (Å²) in [5.74, 6) is -0.774. The molecule has 1 aromatic heterocycles. The van der Waals surface area contributed by atoms with Crippen LogP contribution >= 0.6 is 31.9 Å². The molecule has 0 spiro atoms. The van der Waals surface area contributed by atoms with Gasteiger partial charge in [-0.2, -0.15) is 5.10 Å². The SMILES string of the molecule is CCc1nn(CC)c(CC(=O)c2cccc(Br)c2F)c1Br. The number of aromatic nitrogens is 2. The molecule has 0 amide bonds. The van der Waals surface area contributed by atoms with Gasteiger partial charge in [0.1, 0.15) is 5.82 Å². The van der Waals surface area contributed by atoms with Gasteiger partial charge in [0, 0.05) is 6.54 Å². The number of halogens is 3. The van der Waals surface area contributed by atoms with Crippen LogP contribution in [0.1, 0.15) is 35.6 Å². The van der Waals surface area contributed by atoms with Gasteiger partial charge in [-0.25, -0.2) is 4.39 Å². The van der Waals surface area contributed by atoms with Crippen molar-refractivity contribution in [3.63, 3.8) is 0 Å². The van der Waals surface area contributed by atoms with Crippen molar-refractivity contribution in [3.05, 3.63) is 49.9 Å². The molecule has 0 atom stereocenters. The summed E-state index contributed by atoms with van der Waals surface area (Å²) < 4.78 is 16.9. The van der Waals surface area contributed by atoms with Gasteiger partial charge in [-0.05, 0) is 57.3 Å². The first-order chi connectivity index (χ1) is 9.99. The lowest BCUT2D eigenvalue weighted by atomic mass is 10.1. The van der Waals surface area contributed by atoms with E-state index >= 15 is 0 Å². The zero-order chi connectivity index (χ0) is 15.6. The molecule has 112 valence electrons. The number of carbonyl (C=O) groups is 1. The Balaban J connectivity index is 2.36. The van der Waals surface area contributed by atoms with Gasteiger partial charge in [0.15, 0.2) is 5.78 Å². The zero-order valence-corrected chi connectivity index (χ0v) is 15.0. The molecule has 0 fully saturated rings.